The Labute approximate surface area is 106 Å². The summed E-state index contributed by atoms with van der Waals surface area (Å²) >= 11 is 11.2. The molecule has 8 heteroatoms. The van der Waals surface area contributed by atoms with E-state index >= 15 is 0 Å². The number of benzene rings is 1. The number of hydrogen-bond acceptors (Lipinski definition) is 6. The lowest BCUT2D eigenvalue weighted by Crippen LogP contribution is -2.00. The van der Waals surface area contributed by atoms with Crippen LogP contribution in [0, 0.1) is 0 Å². The van der Waals surface area contributed by atoms with Gasteiger partial charge >= 0.3 is 0 Å². The van der Waals surface area contributed by atoms with Gasteiger partial charge in [-0.1, -0.05) is 0 Å². The molecule has 0 unspecified atom stereocenters. The van der Waals surface area contributed by atoms with Crippen LogP contribution in [0.3, 0.4) is 0 Å². The van der Waals surface area contributed by atoms with Crippen molar-refractivity contribution < 1.29 is 5.11 Å². The van der Waals surface area contributed by atoms with Crippen molar-refractivity contribution in [2.24, 2.45) is 0 Å². The van der Waals surface area contributed by atoms with E-state index in [0.29, 0.717) is 11.4 Å². The molecule has 17 heavy (non-hydrogen) atoms. The first-order chi connectivity index (χ1) is 8.04. The molecule has 0 saturated heterocycles. The Morgan fingerprint density at radius 1 is 1.12 bits per heavy atom. The standard InChI is InChI=1S/C9H7Cl2N5O/c10-7-14-8(11)16-9(15-7)13-5-3-4(12)1-2-6(5)17/h1-3,17H,12H2,(H,13,14,15,16). The summed E-state index contributed by atoms with van der Waals surface area (Å²) in [5.74, 6) is 0.128. The van der Waals surface area contributed by atoms with Gasteiger partial charge in [0, 0.05) is 5.69 Å². The van der Waals surface area contributed by atoms with E-state index in [1.54, 1.807) is 6.07 Å². The van der Waals surface area contributed by atoms with Crippen molar-refractivity contribution in [2.75, 3.05) is 11.1 Å². The summed E-state index contributed by atoms with van der Waals surface area (Å²) < 4.78 is 0. The molecule has 0 aliphatic rings. The average Bonchev–Trinajstić information content (AvgIpc) is 2.22. The largest absolute Gasteiger partial charge is 0.506 e. The molecule has 0 aliphatic heterocycles. The molecule has 4 N–H and O–H groups in total. The van der Waals surface area contributed by atoms with Crippen LogP contribution < -0.4 is 11.1 Å². The molecule has 1 aromatic carbocycles. The average molecular weight is 272 g/mol. The number of halogens is 2. The van der Waals surface area contributed by atoms with Crippen molar-refractivity contribution in [3.05, 3.63) is 28.8 Å². The third-order valence-electron chi connectivity index (χ3n) is 1.85. The number of phenolic OH excluding ortho intramolecular Hbond substituents is 1. The van der Waals surface area contributed by atoms with E-state index < -0.39 is 0 Å². The molecule has 0 radical (unpaired) electrons. The minimum Gasteiger partial charge on any atom is -0.506 e. The van der Waals surface area contributed by atoms with Gasteiger partial charge in [0.05, 0.1) is 5.69 Å². The summed E-state index contributed by atoms with van der Waals surface area (Å²) in [6, 6.07) is 4.54. The predicted octanol–water partition coefficient (Wildman–Crippen LogP) is 2.21. The van der Waals surface area contributed by atoms with Gasteiger partial charge in [-0.15, -0.1) is 0 Å². The van der Waals surface area contributed by atoms with E-state index in [2.05, 4.69) is 20.3 Å². The van der Waals surface area contributed by atoms with Gasteiger partial charge in [0.25, 0.3) is 0 Å². The van der Waals surface area contributed by atoms with Gasteiger partial charge < -0.3 is 16.2 Å². The summed E-state index contributed by atoms with van der Waals surface area (Å²) in [5.41, 5.74) is 6.42. The second-order valence-corrected chi connectivity index (χ2v) is 3.77. The highest BCUT2D eigenvalue weighted by Crippen LogP contribution is 2.27. The summed E-state index contributed by atoms with van der Waals surface area (Å²) in [5, 5.41) is 12.2. The van der Waals surface area contributed by atoms with Crippen LogP contribution >= 0.6 is 23.2 Å². The minimum absolute atomic E-state index is 0.00635. The fourth-order valence-corrected chi connectivity index (χ4v) is 1.52. The second-order valence-electron chi connectivity index (χ2n) is 3.10. The van der Waals surface area contributed by atoms with Crippen LogP contribution in [0.25, 0.3) is 0 Å². The van der Waals surface area contributed by atoms with Crippen LogP contribution in [0.15, 0.2) is 18.2 Å². The number of nitrogens with two attached hydrogens (primary N) is 1. The van der Waals surface area contributed by atoms with E-state index in [0.717, 1.165) is 0 Å². The van der Waals surface area contributed by atoms with Gasteiger partial charge in [0.1, 0.15) is 5.75 Å². The van der Waals surface area contributed by atoms with E-state index in [1.165, 1.54) is 12.1 Å². The van der Waals surface area contributed by atoms with Crippen molar-refractivity contribution >= 4 is 40.5 Å². The number of aromatic hydroxyl groups is 1. The molecule has 0 spiro atoms. The predicted molar refractivity (Wildman–Crippen MR) is 65.6 cm³/mol. The third-order valence-corrected chi connectivity index (χ3v) is 2.19. The lowest BCUT2D eigenvalue weighted by atomic mass is 10.2. The molecule has 0 aliphatic carbocycles. The van der Waals surface area contributed by atoms with Crippen molar-refractivity contribution in [2.45, 2.75) is 0 Å². The highest BCUT2D eigenvalue weighted by molar-refractivity contribution is 6.31. The van der Waals surface area contributed by atoms with Crippen molar-refractivity contribution in [1.29, 1.82) is 0 Å². The zero-order valence-electron chi connectivity index (χ0n) is 8.35. The Morgan fingerprint density at radius 3 is 2.41 bits per heavy atom. The highest BCUT2D eigenvalue weighted by atomic mass is 35.5. The molecular formula is C9H7Cl2N5O. The first-order valence-electron chi connectivity index (χ1n) is 4.47. The highest BCUT2D eigenvalue weighted by Gasteiger charge is 2.06. The van der Waals surface area contributed by atoms with E-state index in [9.17, 15) is 5.11 Å². The lowest BCUT2D eigenvalue weighted by molar-refractivity contribution is 0.478. The third kappa shape index (κ3) is 2.86. The molecule has 0 bridgehead atoms. The van der Waals surface area contributed by atoms with Crippen LogP contribution in [-0.4, -0.2) is 20.1 Å². The maximum Gasteiger partial charge on any atom is 0.232 e. The summed E-state index contributed by atoms with van der Waals surface area (Å²) in [6.45, 7) is 0. The first-order valence-corrected chi connectivity index (χ1v) is 5.23. The summed E-state index contributed by atoms with van der Waals surface area (Å²) in [7, 11) is 0. The number of aromatic nitrogens is 3. The van der Waals surface area contributed by atoms with Crippen molar-refractivity contribution in [1.82, 2.24) is 15.0 Å². The van der Waals surface area contributed by atoms with Crippen molar-refractivity contribution in [3.8, 4) is 5.75 Å². The second kappa shape index (κ2) is 4.60. The molecule has 2 rings (SSSR count). The minimum atomic E-state index is -0.0455. The first kappa shape index (κ1) is 11.7. The van der Waals surface area contributed by atoms with E-state index in [-0.39, 0.29) is 22.3 Å². The number of nitrogen functional groups attached to an aromatic ring is 1. The maximum atomic E-state index is 9.58. The van der Waals surface area contributed by atoms with Gasteiger partial charge in [-0.2, -0.15) is 15.0 Å². The van der Waals surface area contributed by atoms with Gasteiger partial charge in [-0.25, -0.2) is 0 Å². The summed E-state index contributed by atoms with van der Waals surface area (Å²) in [6.07, 6.45) is 0. The molecule has 0 fully saturated rings. The van der Waals surface area contributed by atoms with Crippen LogP contribution in [0.1, 0.15) is 0 Å². The molecule has 2 aromatic rings. The molecular weight excluding hydrogens is 265 g/mol. The Morgan fingerprint density at radius 2 is 1.76 bits per heavy atom. The molecule has 0 atom stereocenters. The van der Waals surface area contributed by atoms with Crippen LogP contribution in [0.5, 0.6) is 5.75 Å². The van der Waals surface area contributed by atoms with E-state index in [4.69, 9.17) is 28.9 Å². The van der Waals surface area contributed by atoms with Gasteiger partial charge in [0.15, 0.2) is 0 Å². The number of nitrogens with zero attached hydrogens (tertiary/aromatic N) is 3. The monoisotopic (exact) mass is 271 g/mol. The summed E-state index contributed by atoms with van der Waals surface area (Å²) in [4.78, 5) is 11.2. The molecule has 0 amide bonds. The van der Waals surface area contributed by atoms with Gasteiger partial charge in [0.2, 0.25) is 16.5 Å². The quantitative estimate of drug-likeness (QED) is 0.440. The van der Waals surface area contributed by atoms with Gasteiger partial charge in [-0.05, 0) is 41.4 Å². The Bertz CT molecular complexity index is 543. The van der Waals surface area contributed by atoms with E-state index in [1.807, 2.05) is 0 Å². The SMILES string of the molecule is Nc1ccc(O)c(Nc2nc(Cl)nc(Cl)n2)c1. The number of anilines is 3. The molecule has 6 nitrogen and oxygen atoms in total. The molecule has 0 saturated carbocycles. The topological polar surface area (TPSA) is 97.0 Å². The Balaban J connectivity index is 2.34. The number of nitrogens with one attached hydrogen (secondary N) is 1. The Kier molecular flexibility index (Phi) is 3.16. The van der Waals surface area contributed by atoms with Crippen LogP contribution in [0.4, 0.5) is 17.3 Å². The Hall–Kier alpha value is -1.79. The zero-order chi connectivity index (χ0) is 12.4. The number of rotatable bonds is 2. The van der Waals surface area contributed by atoms with Crippen LogP contribution in [-0.2, 0) is 0 Å². The smallest absolute Gasteiger partial charge is 0.232 e. The number of phenols is 1. The molecule has 1 heterocycles. The fraction of sp³-hybridized carbons (Fsp3) is 0. The fourth-order valence-electron chi connectivity index (χ4n) is 1.16. The molecule has 88 valence electrons. The normalized spacial score (nSPS) is 10.2. The number of hydrogen-bond donors (Lipinski definition) is 3. The van der Waals surface area contributed by atoms with Crippen LogP contribution in [0.2, 0.25) is 10.6 Å². The zero-order valence-corrected chi connectivity index (χ0v) is 9.87. The van der Waals surface area contributed by atoms with Crippen molar-refractivity contribution in [3.63, 3.8) is 0 Å². The molecule has 1 aromatic heterocycles. The maximum absolute atomic E-state index is 9.58. The van der Waals surface area contributed by atoms with Gasteiger partial charge in [-0.3, -0.25) is 0 Å². The lowest BCUT2D eigenvalue weighted by Gasteiger charge is -2.07.